The van der Waals surface area contributed by atoms with Gasteiger partial charge in [-0.2, -0.15) is 0 Å². The standard InChI is InChI=1S/C12H21N5O/c1-8(12(2,3)4)5-15-11(18)9-6-14-7-10(16-9)17-13/h6-8H,5,13H2,1-4H3,(H,15,18)(H,16,17). The average Bonchev–Trinajstić information content (AvgIpc) is 2.34. The summed E-state index contributed by atoms with van der Waals surface area (Å²) in [5.41, 5.74) is 2.77. The average molecular weight is 251 g/mol. The maximum Gasteiger partial charge on any atom is 0.271 e. The van der Waals surface area contributed by atoms with Crippen LogP contribution in [0.5, 0.6) is 0 Å². The quantitative estimate of drug-likeness (QED) is 0.552. The van der Waals surface area contributed by atoms with Crippen LogP contribution in [0.25, 0.3) is 0 Å². The van der Waals surface area contributed by atoms with Crippen LogP contribution in [0, 0.1) is 11.3 Å². The van der Waals surface area contributed by atoms with Crippen molar-refractivity contribution >= 4 is 11.7 Å². The Morgan fingerprint density at radius 2 is 2.11 bits per heavy atom. The van der Waals surface area contributed by atoms with Crippen molar-refractivity contribution in [3.8, 4) is 0 Å². The molecular weight excluding hydrogens is 230 g/mol. The van der Waals surface area contributed by atoms with Crippen molar-refractivity contribution in [2.75, 3.05) is 12.0 Å². The minimum absolute atomic E-state index is 0.152. The molecule has 1 atom stereocenters. The first-order chi connectivity index (χ1) is 8.34. The molecule has 18 heavy (non-hydrogen) atoms. The number of carbonyl (C=O) groups excluding carboxylic acids is 1. The highest BCUT2D eigenvalue weighted by molar-refractivity contribution is 5.92. The topological polar surface area (TPSA) is 92.9 Å². The molecule has 0 saturated heterocycles. The van der Waals surface area contributed by atoms with Crippen molar-refractivity contribution in [1.29, 1.82) is 0 Å². The molecule has 1 rings (SSSR count). The molecule has 0 spiro atoms. The van der Waals surface area contributed by atoms with E-state index in [4.69, 9.17) is 5.84 Å². The molecule has 0 bridgehead atoms. The summed E-state index contributed by atoms with van der Waals surface area (Å²) in [6.07, 6.45) is 2.87. The van der Waals surface area contributed by atoms with Gasteiger partial charge in [-0.1, -0.05) is 27.7 Å². The number of nitrogens with zero attached hydrogens (tertiary/aromatic N) is 2. The molecule has 0 aliphatic carbocycles. The van der Waals surface area contributed by atoms with E-state index < -0.39 is 0 Å². The molecular formula is C12H21N5O. The van der Waals surface area contributed by atoms with E-state index in [0.29, 0.717) is 18.3 Å². The van der Waals surface area contributed by atoms with E-state index in [9.17, 15) is 4.79 Å². The predicted octanol–water partition coefficient (Wildman–Crippen LogP) is 1.17. The second kappa shape index (κ2) is 5.77. The maximum absolute atomic E-state index is 11.9. The van der Waals surface area contributed by atoms with Gasteiger partial charge in [0.2, 0.25) is 0 Å². The van der Waals surface area contributed by atoms with Crippen molar-refractivity contribution in [3.05, 3.63) is 18.1 Å². The molecule has 0 aromatic carbocycles. The Hall–Kier alpha value is -1.69. The number of amides is 1. The van der Waals surface area contributed by atoms with Crippen molar-refractivity contribution in [2.24, 2.45) is 17.2 Å². The van der Waals surface area contributed by atoms with Gasteiger partial charge in [-0.25, -0.2) is 10.8 Å². The first kappa shape index (κ1) is 14.4. The fraction of sp³-hybridized carbons (Fsp3) is 0.583. The molecule has 1 aromatic rings. The minimum Gasteiger partial charge on any atom is -0.350 e. The van der Waals surface area contributed by atoms with Gasteiger partial charge in [0.05, 0.1) is 12.4 Å². The predicted molar refractivity (Wildman–Crippen MR) is 70.8 cm³/mol. The molecule has 0 aliphatic rings. The smallest absolute Gasteiger partial charge is 0.271 e. The van der Waals surface area contributed by atoms with Crippen LogP contribution in [0.3, 0.4) is 0 Å². The monoisotopic (exact) mass is 251 g/mol. The SMILES string of the molecule is CC(CNC(=O)c1cncc(NN)n1)C(C)(C)C. The van der Waals surface area contributed by atoms with Crippen molar-refractivity contribution in [1.82, 2.24) is 15.3 Å². The lowest BCUT2D eigenvalue weighted by Crippen LogP contribution is -2.34. The third kappa shape index (κ3) is 3.96. The molecule has 1 unspecified atom stereocenters. The summed E-state index contributed by atoms with van der Waals surface area (Å²) in [5, 5.41) is 2.85. The lowest BCUT2D eigenvalue weighted by molar-refractivity contribution is 0.0932. The molecule has 0 fully saturated rings. The van der Waals surface area contributed by atoms with Gasteiger partial charge in [0.1, 0.15) is 5.69 Å². The molecule has 6 heteroatoms. The summed E-state index contributed by atoms with van der Waals surface area (Å²) in [4.78, 5) is 19.8. The highest BCUT2D eigenvalue weighted by atomic mass is 16.1. The Kier molecular flexibility index (Phi) is 4.61. The molecule has 1 aromatic heterocycles. The Morgan fingerprint density at radius 3 is 2.67 bits per heavy atom. The van der Waals surface area contributed by atoms with E-state index in [-0.39, 0.29) is 17.0 Å². The van der Waals surface area contributed by atoms with E-state index in [1.54, 1.807) is 0 Å². The van der Waals surface area contributed by atoms with Gasteiger partial charge in [0.25, 0.3) is 5.91 Å². The lowest BCUT2D eigenvalue weighted by Gasteiger charge is -2.27. The number of rotatable bonds is 4. The molecule has 6 nitrogen and oxygen atoms in total. The molecule has 1 amide bonds. The largest absolute Gasteiger partial charge is 0.350 e. The van der Waals surface area contributed by atoms with Crippen LogP contribution >= 0.6 is 0 Å². The zero-order valence-corrected chi connectivity index (χ0v) is 11.3. The number of nitrogens with two attached hydrogens (primary N) is 1. The van der Waals surface area contributed by atoms with Gasteiger partial charge in [-0.3, -0.25) is 9.78 Å². The Labute approximate surface area is 107 Å². The first-order valence-corrected chi connectivity index (χ1v) is 5.91. The fourth-order valence-corrected chi connectivity index (χ4v) is 1.19. The fourth-order valence-electron chi connectivity index (χ4n) is 1.19. The van der Waals surface area contributed by atoms with Crippen molar-refractivity contribution in [2.45, 2.75) is 27.7 Å². The number of nitrogen functional groups attached to an aromatic ring is 1. The molecule has 4 N–H and O–H groups in total. The summed E-state index contributed by atoms with van der Waals surface area (Å²) >= 11 is 0. The number of anilines is 1. The van der Waals surface area contributed by atoms with Crippen LogP contribution in [-0.4, -0.2) is 22.4 Å². The summed E-state index contributed by atoms with van der Waals surface area (Å²) in [5.74, 6) is 5.71. The van der Waals surface area contributed by atoms with E-state index in [1.165, 1.54) is 12.4 Å². The van der Waals surface area contributed by atoms with Crippen LogP contribution in [0.1, 0.15) is 38.2 Å². The summed E-state index contributed by atoms with van der Waals surface area (Å²) in [6.45, 7) is 9.13. The second-order valence-electron chi connectivity index (χ2n) is 5.41. The molecule has 0 radical (unpaired) electrons. The number of carbonyl (C=O) groups is 1. The van der Waals surface area contributed by atoms with E-state index >= 15 is 0 Å². The molecule has 0 saturated carbocycles. The maximum atomic E-state index is 11.9. The van der Waals surface area contributed by atoms with Gasteiger partial charge in [-0.05, 0) is 11.3 Å². The van der Waals surface area contributed by atoms with Gasteiger partial charge >= 0.3 is 0 Å². The van der Waals surface area contributed by atoms with Crippen LogP contribution in [0.4, 0.5) is 5.82 Å². The van der Waals surface area contributed by atoms with Crippen molar-refractivity contribution < 1.29 is 4.79 Å². The lowest BCUT2D eigenvalue weighted by atomic mass is 9.82. The zero-order chi connectivity index (χ0) is 13.8. The van der Waals surface area contributed by atoms with Gasteiger partial charge in [-0.15, -0.1) is 0 Å². The normalized spacial score (nSPS) is 12.9. The first-order valence-electron chi connectivity index (χ1n) is 5.91. The highest BCUT2D eigenvalue weighted by Crippen LogP contribution is 2.24. The number of hydrogen-bond acceptors (Lipinski definition) is 5. The Balaban J connectivity index is 2.60. The zero-order valence-electron chi connectivity index (χ0n) is 11.3. The number of aromatic nitrogens is 2. The van der Waals surface area contributed by atoms with E-state index in [1.807, 2.05) is 0 Å². The third-order valence-corrected chi connectivity index (χ3v) is 3.06. The third-order valence-electron chi connectivity index (χ3n) is 3.06. The van der Waals surface area contributed by atoms with Crippen LogP contribution in [-0.2, 0) is 0 Å². The molecule has 0 aliphatic heterocycles. The number of hydrogen-bond donors (Lipinski definition) is 3. The van der Waals surface area contributed by atoms with E-state index in [0.717, 1.165) is 0 Å². The van der Waals surface area contributed by atoms with Crippen LogP contribution < -0.4 is 16.6 Å². The number of hydrazine groups is 1. The summed E-state index contributed by atoms with van der Waals surface area (Å²) in [7, 11) is 0. The van der Waals surface area contributed by atoms with E-state index in [2.05, 4.69) is 48.4 Å². The van der Waals surface area contributed by atoms with Crippen LogP contribution in [0.2, 0.25) is 0 Å². The Morgan fingerprint density at radius 1 is 1.44 bits per heavy atom. The minimum atomic E-state index is -0.240. The van der Waals surface area contributed by atoms with Gasteiger partial charge in [0, 0.05) is 6.54 Å². The van der Waals surface area contributed by atoms with Gasteiger partial charge in [0.15, 0.2) is 5.82 Å². The molecule has 1 heterocycles. The highest BCUT2D eigenvalue weighted by Gasteiger charge is 2.20. The van der Waals surface area contributed by atoms with Crippen LogP contribution in [0.15, 0.2) is 12.4 Å². The van der Waals surface area contributed by atoms with Crippen molar-refractivity contribution in [3.63, 3.8) is 0 Å². The summed E-state index contributed by atoms with van der Waals surface area (Å²) in [6, 6.07) is 0. The summed E-state index contributed by atoms with van der Waals surface area (Å²) < 4.78 is 0. The van der Waals surface area contributed by atoms with Gasteiger partial charge < -0.3 is 10.7 Å². The second-order valence-corrected chi connectivity index (χ2v) is 5.41. The molecule has 100 valence electrons. The number of nitrogens with one attached hydrogen (secondary N) is 2. The Bertz CT molecular complexity index is 413.